The number of amides is 1. The van der Waals surface area contributed by atoms with Gasteiger partial charge in [-0.3, -0.25) is 0 Å². The van der Waals surface area contributed by atoms with Gasteiger partial charge in [-0.15, -0.1) is 0 Å². The second-order valence-electron chi connectivity index (χ2n) is 8.90. The third-order valence-corrected chi connectivity index (χ3v) is 6.59. The number of piperidine rings is 2. The fraction of sp³-hybridized carbons (Fsp3) is 0.762. The Bertz CT molecular complexity index is 853. The monoisotopic (exact) mass is 469 g/mol. The minimum Gasteiger partial charge on any atom is -0.447 e. The summed E-state index contributed by atoms with van der Waals surface area (Å²) in [5, 5.41) is 0. The van der Waals surface area contributed by atoms with Crippen LogP contribution < -0.4 is 9.62 Å². The summed E-state index contributed by atoms with van der Waals surface area (Å²) in [5.41, 5.74) is 0. The molecule has 3 rings (SSSR count). The first-order chi connectivity index (χ1) is 15.1. The number of aromatic nitrogens is 2. The lowest BCUT2D eigenvalue weighted by atomic mass is 9.97. The van der Waals surface area contributed by atoms with Crippen LogP contribution in [0, 0.1) is 0 Å². The highest BCUT2D eigenvalue weighted by Crippen LogP contribution is 2.26. The molecule has 1 amide bonds. The van der Waals surface area contributed by atoms with Crippen molar-refractivity contribution in [1.82, 2.24) is 19.6 Å². The minimum absolute atomic E-state index is 0.00809. The molecule has 1 aromatic rings. The number of likely N-dealkylation sites (tertiary alicyclic amines) is 1. The van der Waals surface area contributed by atoms with E-state index in [0.717, 1.165) is 25.6 Å². The summed E-state index contributed by atoms with van der Waals surface area (Å²) in [5.74, 6) is 0.714. The van der Waals surface area contributed by atoms with Crippen molar-refractivity contribution in [2.45, 2.75) is 76.8 Å². The summed E-state index contributed by atoms with van der Waals surface area (Å²) in [7, 11) is -3.42. The molecule has 2 aliphatic rings. The van der Waals surface area contributed by atoms with E-state index in [0.29, 0.717) is 25.3 Å². The average molecular weight is 470 g/mol. The van der Waals surface area contributed by atoms with Gasteiger partial charge in [0.1, 0.15) is 0 Å². The molecular formula is C21H35N5O5S. The van der Waals surface area contributed by atoms with Gasteiger partial charge in [0.15, 0.2) is 0 Å². The van der Waals surface area contributed by atoms with E-state index in [1.165, 1.54) is 0 Å². The van der Waals surface area contributed by atoms with Crippen LogP contribution >= 0.6 is 0 Å². The molecule has 0 aliphatic carbocycles. The quantitative estimate of drug-likeness (QED) is 0.643. The van der Waals surface area contributed by atoms with E-state index in [-0.39, 0.29) is 24.9 Å². The van der Waals surface area contributed by atoms with Crippen molar-refractivity contribution < 1.29 is 22.7 Å². The Balaban J connectivity index is 1.65. The van der Waals surface area contributed by atoms with Gasteiger partial charge < -0.3 is 19.3 Å². The molecule has 0 aromatic carbocycles. The molecule has 2 aliphatic heterocycles. The topological polar surface area (TPSA) is 114 Å². The molecule has 2 saturated heterocycles. The molecule has 10 nitrogen and oxygen atoms in total. The van der Waals surface area contributed by atoms with Crippen molar-refractivity contribution in [2.24, 2.45) is 0 Å². The maximum Gasteiger partial charge on any atom is 0.410 e. The fourth-order valence-electron chi connectivity index (χ4n) is 4.42. The normalized spacial score (nSPS) is 26.9. The molecule has 0 spiro atoms. The van der Waals surface area contributed by atoms with Crippen molar-refractivity contribution in [1.29, 1.82) is 0 Å². The minimum atomic E-state index is -3.42. The second kappa shape index (κ2) is 10.8. The number of hydrogen-bond donors (Lipinski definition) is 1. The lowest BCUT2D eigenvalue weighted by Gasteiger charge is -2.42. The predicted octanol–water partition coefficient (Wildman–Crippen LogP) is 1.78. The molecule has 11 heteroatoms. The van der Waals surface area contributed by atoms with Crippen LogP contribution in [0.25, 0.3) is 0 Å². The third kappa shape index (κ3) is 6.76. The maximum absolute atomic E-state index is 12.7. The fourth-order valence-corrected chi connectivity index (χ4v) is 5.25. The van der Waals surface area contributed by atoms with Gasteiger partial charge in [0, 0.05) is 37.6 Å². The van der Waals surface area contributed by atoms with Gasteiger partial charge in [-0.2, -0.15) is 0 Å². The second-order valence-corrected chi connectivity index (χ2v) is 10.7. The SMILES string of the molecule is CC(C)OC(=O)N1CCC[C@H](NS(C)(=O)=O)[C@@H]1CO[C@H]1CCN(c2ncccn2)[C@H](C)C1. The van der Waals surface area contributed by atoms with Gasteiger partial charge >= 0.3 is 6.09 Å². The molecule has 3 heterocycles. The maximum atomic E-state index is 12.7. The number of nitrogens with zero attached hydrogens (tertiary/aromatic N) is 4. The summed E-state index contributed by atoms with van der Waals surface area (Å²) in [6.07, 6.45) is 6.88. The third-order valence-electron chi connectivity index (χ3n) is 5.86. The molecule has 0 radical (unpaired) electrons. The van der Waals surface area contributed by atoms with Crippen LogP contribution in [0.3, 0.4) is 0 Å². The zero-order chi connectivity index (χ0) is 23.3. The van der Waals surface area contributed by atoms with Gasteiger partial charge in [-0.25, -0.2) is 27.9 Å². The first-order valence-electron chi connectivity index (χ1n) is 11.2. The summed E-state index contributed by atoms with van der Waals surface area (Å²) in [6.45, 7) is 7.25. The van der Waals surface area contributed by atoms with Crippen LogP contribution in [0.1, 0.15) is 46.5 Å². The van der Waals surface area contributed by atoms with Crippen molar-refractivity contribution in [2.75, 3.05) is 30.9 Å². The molecule has 0 saturated carbocycles. The van der Waals surface area contributed by atoms with Crippen LogP contribution in [0.5, 0.6) is 0 Å². The Labute approximate surface area is 190 Å². The molecule has 2 fully saturated rings. The zero-order valence-electron chi connectivity index (χ0n) is 19.3. The molecule has 0 unspecified atom stereocenters. The van der Waals surface area contributed by atoms with Crippen molar-refractivity contribution in [3.8, 4) is 0 Å². The molecule has 32 heavy (non-hydrogen) atoms. The molecule has 1 aromatic heterocycles. The number of carbonyl (C=O) groups excluding carboxylic acids is 1. The van der Waals surface area contributed by atoms with Gasteiger partial charge in [-0.1, -0.05) is 0 Å². The van der Waals surface area contributed by atoms with Crippen LogP contribution in [-0.4, -0.2) is 85.7 Å². The van der Waals surface area contributed by atoms with Crippen LogP contribution in [-0.2, 0) is 19.5 Å². The number of ether oxygens (including phenoxy) is 2. The Morgan fingerprint density at radius 2 is 1.97 bits per heavy atom. The number of hydrogen-bond acceptors (Lipinski definition) is 8. The molecule has 180 valence electrons. The zero-order valence-corrected chi connectivity index (χ0v) is 20.1. The van der Waals surface area contributed by atoms with E-state index < -0.39 is 28.2 Å². The highest BCUT2D eigenvalue weighted by Gasteiger charge is 2.38. The first-order valence-corrected chi connectivity index (χ1v) is 13.1. The van der Waals surface area contributed by atoms with Gasteiger partial charge in [0.2, 0.25) is 16.0 Å². The Morgan fingerprint density at radius 3 is 2.59 bits per heavy atom. The van der Waals surface area contributed by atoms with Crippen molar-refractivity contribution in [3.63, 3.8) is 0 Å². The smallest absolute Gasteiger partial charge is 0.410 e. The van der Waals surface area contributed by atoms with Gasteiger partial charge in [-0.05, 0) is 52.5 Å². The van der Waals surface area contributed by atoms with E-state index in [1.54, 1.807) is 37.2 Å². The number of nitrogens with one attached hydrogen (secondary N) is 1. The largest absolute Gasteiger partial charge is 0.447 e. The predicted molar refractivity (Wildman–Crippen MR) is 121 cm³/mol. The van der Waals surface area contributed by atoms with Crippen molar-refractivity contribution >= 4 is 22.1 Å². The van der Waals surface area contributed by atoms with Crippen molar-refractivity contribution in [3.05, 3.63) is 18.5 Å². The summed E-state index contributed by atoms with van der Waals surface area (Å²) in [6, 6.07) is 1.17. The standard InChI is InChI=1S/C21H35N5O5S/c1-15(2)31-21(27)26-11-5-7-18(24-32(4,28)29)19(26)14-30-17-8-12-25(16(3)13-17)20-22-9-6-10-23-20/h6,9-10,15-19,24H,5,7-8,11-14H2,1-4H3/t16-,17+,18+,19+/m1/s1. The van der Waals surface area contributed by atoms with E-state index in [9.17, 15) is 13.2 Å². The van der Waals surface area contributed by atoms with Gasteiger partial charge in [0.05, 0.1) is 31.1 Å². The van der Waals surface area contributed by atoms with E-state index in [1.807, 2.05) is 0 Å². The summed E-state index contributed by atoms with van der Waals surface area (Å²) < 4.78 is 38.2. The molecule has 1 N–H and O–H groups in total. The lowest BCUT2D eigenvalue weighted by molar-refractivity contribution is -0.0274. The summed E-state index contributed by atoms with van der Waals surface area (Å²) >= 11 is 0. The number of carbonyl (C=O) groups is 1. The number of rotatable bonds is 7. The highest BCUT2D eigenvalue weighted by atomic mass is 32.2. The average Bonchev–Trinajstić information content (AvgIpc) is 2.71. The first kappa shape index (κ1) is 24.7. The summed E-state index contributed by atoms with van der Waals surface area (Å²) in [4.78, 5) is 25.2. The highest BCUT2D eigenvalue weighted by molar-refractivity contribution is 7.88. The number of sulfonamides is 1. The Hall–Kier alpha value is -1.98. The Morgan fingerprint density at radius 1 is 1.25 bits per heavy atom. The molecule has 4 atom stereocenters. The lowest BCUT2D eigenvalue weighted by Crippen LogP contribution is -2.59. The number of anilines is 1. The van der Waals surface area contributed by atoms with Crippen LogP contribution in [0.4, 0.5) is 10.7 Å². The molecular weight excluding hydrogens is 434 g/mol. The van der Waals surface area contributed by atoms with E-state index in [4.69, 9.17) is 9.47 Å². The van der Waals surface area contributed by atoms with Gasteiger partial charge in [0.25, 0.3) is 0 Å². The van der Waals surface area contributed by atoms with E-state index in [2.05, 4.69) is 26.5 Å². The molecule has 0 bridgehead atoms. The Kier molecular flexibility index (Phi) is 8.29. The van der Waals surface area contributed by atoms with Crippen LogP contribution in [0.2, 0.25) is 0 Å². The van der Waals surface area contributed by atoms with E-state index >= 15 is 0 Å². The van der Waals surface area contributed by atoms with Crippen LogP contribution in [0.15, 0.2) is 18.5 Å².